The van der Waals surface area contributed by atoms with E-state index in [1.54, 1.807) is 0 Å². The van der Waals surface area contributed by atoms with E-state index in [-0.39, 0.29) is 18.0 Å². The summed E-state index contributed by atoms with van der Waals surface area (Å²) < 4.78 is 10.8. The first-order chi connectivity index (χ1) is 11.7. The molecule has 1 atom stereocenters. The van der Waals surface area contributed by atoms with Crippen LogP contribution in [0.4, 0.5) is 4.79 Å². The molecule has 7 nitrogen and oxygen atoms in total. The highest BCUT2D eigenvalue weighted by Gasteiger charge is 2.31. The van der Waals surface area contributed by atoms with Crippen molar-refractivity contribution in [1.29, 1.82) is 0 Å². The predicted molar refractivity (Wildman–Crippen MR) is 88.7 cm³/mol. The SMILES string of the molecule is O=C(NC1CCCCC1)NC1CCN(C(=O)[C@H]2COCCO2)CC1. The second kappa shape index (κ2) is 8.67. The Hall–Kier alpha value is -1.34. The summed E-state index contributed by atoms with van der Waals surface area (Å²) in [6.45, 7) is 2.71. The molecule has 2 heterocycles. The van der Waals surface area contributed by atoms with Gasteiger partial charge in [0.15, 0.2) is 6.10 Å². The topological polar surface area (TPSA) is 79.9 Å². The van der Waals surface area contributed by atoms with Gasteiger partial charge in [0.1, 0.15) is 0 Å². The third kappa shape index (κ3) is 4.83. The van der Waals surface area contributed by atoms with Crippen molar-refractivity contribution in [2.45, 2.75) is 63.1 Å². The summed E-state index contributed by atoms with van der Waals surface area (Å²) in [5.41, 5.74) is 0. The maximum atomic E-state index is 12.4. The van der Waals surface area contributed by atoms with Crippen molar-refractivity contribution in [2.75, 3.05) is 32.9 Å². The van der Waals surface area contributed by atoms with Crippen molar-refractivity contribution in [3.05, 3.63) is 0 Å². The third-order valence-corrected chi connectivity index (χ3v) is 5.17. The average molecular weight is 339 g/mol. The summed E-state index contributed by atoms with van der Waals surface area (Å²) in [5, 5.41) is 6.15. The quantitative estimate of drug-likeness (QED) is 0.805. The Labute approximate surface area is 143 Å². The molecular formula is C17H29N3O4. The fraction of sp³-hybridized carbons (Fsp3) is 0.882. The van der Waals surface area contributed by atoms with E-state index in [9.17, 15) is 9.59 Å². The van der Waals surface area contributed by atoms with Crippen LogP contribution in [0.5, 0.6) is 0 Å². The highest BCUT2D eigenvalue weighted by atomic mass is 16.6. The molecule has 0 radical (unpaired) electrons. The Morgan fingerprint density at radius 2 is 1.54 bits per heavy atom. The lowest BCUT2D eigenvalue weighted by atomic mass is 9.96. The van der Waals surface area contributed by atoms with E-state index in [2.05, 4.69) is 10.6 Å². The van der Waals surface area contributed by atoms with E-state index in [0.29, 0.717) is 39.0 Å². The number of carbonyl (C=O) groups is 2. The zero-order chi connectivity index (χ0) is 16.8. The van der Waals surface area contributed by atoms with Crippen LogP contribution < -0.4 is 10.6 Å². The van der Waals surface area contributed by atoms with Gasteiger partial charge >= 0.3 is 6.03 Å². The Kier molecular flexibility index (Phi) is 6.31. The summed E-state index contributed by atoms with van der Waals surface area (Å²) in [4.78, 5) is 26.3. The molecule has 2 saturated heterocycles. The van der Waals surface area contributed by atoms with Gasteiger partial charge in [0.25, 0.3) is 5.91 Å². The van der Waals surface area contributed by atoms with Crippen molar-refractivity contribution >= 4 is 11.9 Å². The Morgan fingerprint density at radius 1 is 0.875 bits per heavy atom. The van der Waals surface area contributed by atoms with Crippen LogP contribution in [0.2, 0.25) is 0 Å². The second-order valence-electron chi connectivity index (χ2n) is 6.99. The molecule has 2 aliphatic heterocycles. The summed E-state index contributed by atoms with van der Waals surface area (Å²) in [5.74, 6) is 0.0137. The van der Waals surface area contributed by atoms with Gasteiger partial charge < -0.3 is 25.0 Å². The van der Waals surface area contributed by atoms with Crippen LogP contribution in [0.25, 0.3) is 0 Å². The van der Waals surface area contributed by atoms with E-state index in [1.807, 2.05) is 4.90 Å². The maximum Gasteiger partial charge on any atom is 0.315 e. The fourth-order valence-corrected chi connectivity index (χ4v) is 3.74. The number of rotatable bonds is 3. The highest BCUT2D eigenvalue weighted by molar-refractivity contribution is 5.81. The molecule has 24 heavy (non-hydrogen) atoms. The molecule has 3 aliphatic rings. The van der Waals surface area contributed by atoms with Gasteiger partial charge in [-0.2, -0.15) is 0 Å². The van der Waals surface area contributed by atoms with Gasteiger partial charge in [-0.05, 0) is 25.7 Å². The first-order valence-electron chi connectivity index (χ1n) is 9.27. The fourth-order valence-electron chi connectivity index (χ4n) is 3.74. The second-order valence-corrected chi connectivity index (χ2v) is 6.99. The van der Waals surface area contributed by atoms with Crippen LogP contribution in [0.3, 0.4) is 0 Å². The number of carbonyl (C=O) groups excluding carboxylic acids is 2. The molecular weight excluding hydrogens is 310 g/mol. The number of hydrogen-bond acceptors (Lipinski definition) is 4. The van der Waals surface area contributed by atoms with Gasteiger partial charge in [0.05, 0.1) is 19.8 Å². The van der Waals surface area contributed by atoms with Crippen molar-refractivity contribution in [1.82, 2.24) is 15.5 Å². The summed E-state index contributed by atoms with van der Waals surface area (Å²) >= 11 is 0. The van der Waals surface area contributed by atoms with E-state index >= 15 is 0 Å². The molecule has 136 valence electrons. The molecule has 0 unspecified atom stereocenters. The molecule has 0 aromatic heterocycles. The molecule has 2 N–H and O–H groups in total. The van der Waals surface area contributed by atoms with Crippen LogP contribution in [0.1, 0.15) is 44.9 Å². The lowest BCUT2D eigenvalue weighted by molar-refractivity contribution is -0.158. The molecule has 3 rings (SSSR count). The van der Waals surface area contributed by atoms with Gasteiger partial charge in [-0.25, -0.2) is 4.79 Å². The minimum Gasteiger partial charge on any atom is -0.376 e. The van der Waals surface area contributed by atoms with E-state index in [1.165, 1.54) is 19.3 Å². The van der Waals surface area contributed by atoms with Crippen molar-refractivity contribution in [3.8, 4) is 0 Å². The number of hydrogen-bond donors (Lipinski definition) is 2. The molecule has 1 saturated carbocycles. The molecule has 3 fully saturated rings. The number of nitrogens with one attached hydrogen (secondary N) is 2. The molecule has 0 aromatic carbocycles. The molecule has 3 amide bonds. The minimum atomic E-state index is -0.460. The van der Waals surface area contributed by atoms with Crippen LogP contribution >= 0.6 is 0 Å². The van der Waals surface area contributed by atoms with Crippen molar-refractivity contribution in [3.63, 3.8) is 0 Å². The number of amides is 3. The van der Waals surface area contributed by atoms with Gasteiger partial charge in [-0.3, -0.25) is 4.79 Å². The minimum absolute atomic E-state index is 0.0137. The number of nitrogens with zero attached hydrogens (tertiary/aromatic N) is 1. The predicted octanol–water partition coefficient (Wildman–Crippen LogP) is 1.02. The normalized spacial score (nSPS) is 26.8. The van der Waals surface area contributed by atoms with Crippen LogP contribution in [0.15, 0.2) is 0 Å². The summed E-state index contributed by atoms with van der Waals surface area (Å²) in [6, 6.07) is 0.403. The Bertz CT molecular complexity index is 426. The first-order valence-corrected chi connectivity index (χ1v) is 9.27. The summed E-state index contributed by atoms with van der Waals surface area (Å²) in [7, 11) is 0. The average Bonchev–Trinajstić information content (AvgIpc) is 2.63. The third-order valence-electron chi connectivity index (χ3n) is 5.17. The largest absolute Gasteiger partial charge is 0.376 e. The maximum absolute atomic E-state index is 12.4. The number of piperidine rings is 1. The van der Waals surface area contributed by atoms with Crippen LogP contribution in [-0.4, -0.2) is 67.9 Å². The molecule has 0 bridgehead atoms. The van der Waals surface area contributed by atoms with Crippen LogP contribution in [-0.2, 0) is 14.3 Å². The monoisotopic (exact) mass is 339 g/mol. The number of urea groups is 1. The van der Waals surface area contributed by atoms with Gasteiger partial charge in [0.2, 0.25) is 0 Å². The zero-order valence-corrected chi connectivity index (χ0v) is 14.3. The lowest BCUT2D eigenvalue weighted by Crippen LogP contribution is -2.53. The standard InChI is InChI=1S/C17H29N3O4/c21-16(15-12-23-10-11-24-15)20-8-6-14(7-9-20)19-17(22)18-13-4-2-1-3-5-13/h13-15H,1-12H2,(H2,18,19,22)/t15-/m1/s1. The Morgan fingerprint density at radius 3 is 2.17 bits per heavy atom. The van der Waals surface area contributed by atoms with Gasteiger partial charge in [-0.15, -0.1) is 0 Å². The van der Waals surface area contributed by atoms with E-state index in [4.69, 9.17) is 9.47 Å². The Balaban J connectivity index is 1.36. The van der Waals surface area contributed by atoms with Crippen molar-refractivity contribution in [2.24, 2.45) is 0 Å². The highest BCUT2D eigenvalue weighted by Crippen LogP contribution is 2.18. The number of likely N-dealkylation sites (tertiary alicyclic amines) is 1. The van der Waals surface area contributed by atoms with E-state index < -0.39 is 6.10 Å². The molecule has 1 aliphatic carbocycles. The van der Waals surface area contributed by atoms with Crippen molar-refractivity contribution < 1.29 is 19.1 Å². The summed E-state index contributed by atoms with van der Waals surface area (Å²) in [6.07, 6.45) is 6.99. The molecule has 0 spiro atoms. The van der Waals surface area contributed by atoms with E-state index in [0.717, 1.165) is 25.7 Å². The first kappa shape index (κ1) is 17.5. The zero-order valence-electron chi connectivity index (χ0n) is 14.3. The molecule has 7 heteroatoms. The van der Waals surface area contributed by atoms with Crippen LogP contribution in [0, 0.1) is 0 Å². The molecule has 0 aromatic rings. The lowest BCUT2D eigenvalue weighted by Gasteiger charge is -2.35. The number of ether oxygens (including phenoxy) is 2. The smallest absolute Gasteiger partial charge is 0.315 e. The van der Waals surface area contributed by atoms with Gasteiger partial charge in [0, 0.05) is 25.2 Å². The van der Waals surface area contributed by atoms with Gasteiger partial charge in [-0.1, -0.05) is 19.3 Å².